The summed E-state index contributed by atoms with van der Waals surface area (Å²) in [5, 5.41) is 15.1. The third-order valence-electron chi connectivity index (χ3n) is 4.72. The average Bonchev–Trinajstić information content (AvgIpc) is 3.07. The van der Waals surface area contributed by atoms with Crippen LogP contribution >= 0.6 is 11.3 Å². The van der Waals surface area contributed by atoms with Gasteiger partial charge in [0.05, 0.1) is 10.9 Å². The van der Waals surface area contributed by atoms with Gasteiger partial charge >= 0.3 is 0 Å². The van der Waals surface area contributed by atoms with Crippen LogP contribution in [-0.4, -0.2) is 37.7 Å². The van der Waals surface area contributed by atoms with Crippen molar-refractivity contribution in [3.8, 4) is 5.88 Å². The maximum atomic E-state index is 10.8. The fourth-order valence-corrected chi connectivity index (χ4v) is 4.81. The first-order chi connectivity index (χ1) is 11.6. The van der Waals surface area contributed by atoms with Crippen LogP contribution in [0.1, 0.15) is 42.1 Å². The Labute approximate surface area is 145 Å². The van der Waals surface area contributed by atoms with Crippen LogP contribution in [0, 0.1) is 12.8 Å². The molecule has 0 radical (unpaired) electrons. The van der Waals surface area contributed by atoms with E-state index in [-0.39, 0.29) is 11.9 Å². The van der Waals surface area contributed by atoms with Gasteiger partial charge in [0.1, 0.15) is 5.82 Å². The van der Waals surface area contributed by atoms with Crippen molar-refractivity contribution in [3.05, 3.63) is 46.6 Å². The van der Waals surface area contributed by atoms with Gasteiger partial charge in [-0.3, -0.25) is 4.90 Å². The van der Waals surface area contributed by atoms with Crippen LogP contribution in [0.15, 0.2) is 30.3 Å². The molecule has 1 N–H and O–H groups in total. The molecule has 0 spiro atoms. The van der Waals surface area contributed by atoms with Crippen LogP contribution in [0.5, 0.6) is 5.88 Å². The lowest BCUT2D eigenvalue weighted by atomic mass is 9.95. The van der Waals surface area contributed by atoms with Crippen LogP contribution in [-0.2, 0) is 0 Å². The number of aromatic hydroxyl groups is 1. The quantitative estimate of drug-likeness (QED) is 0.790. The van der Waals surface area contributed by atoms with Crippen molar-refractivity contribution in [1.29, 1.82) is 0 Å². The summed E-state index contributed by atoms with van der Waals surface area (Å²) in [6.45, 7) is 6.25. The Morgan fingerprint density at radius 1 is 1.29 bits per heavy atom. The van der Waals surface area contributed by atoms with Crippen molar-refractivity contribution < 1.29 is 5.11 Å². The number of benzene rings is 1. The molecule has 3 aromatic rings. The third-order valence-corrected chi connectivity index (χ3v) is 5.80. The summed E-state index contributed by atoms with van der Waals surface area (Å²) < 4.78 is 1.57. The predicted molar refractivity (Wildman–Crippen MR) is 95.5 cm³/mol. The molecule has 2 aromatic heterocycles. The van der Waals surface area contributed by atoms with Crippen molar-refractivity contribution in [2.24, 2.45) is 5.92 Å². The lowest BCUT2D eigenvalue weighted by molar-refractivity contribution is 0.149. The number of likely N-dealkylation sites (tertiary alicyclic amines) is 1. The van der Waals surface area contributed by atoms with E-state index in [1.54, 1.807) is 15.9 Å². The molecule has 24 heavy (non-hydrogen) atoms. The topological polar surface area (TPSA) is 53.7 Å². The molecular weight excluding hydrogens is 320 g/mol. The van der Waals surface area contributed by atoms with E-state index in [9.17, 15) is 5.11 Å². The molecule has 0 bridgehead atoms. The van der Waals surface area contributed by atoms with Gasteiger partial charge in [0.25, 0.3) is 0 Å². The molecule has 2 atom stereocenters. The van der Waals surface area contributed by atoms with Gasteiger partial charge in [-0.25, -0.2) is 4.98 Å². The number of nitrogens with zero attached hydrogens (tertiary/aromatic N) is 4. The Kier molecular flexibility index (Phi) is 4.02. The van der Waals surface area contributed by atoms with E-state index in [4.69, 9.17) is 0 Å². The van der Waals surface area contributed by atoms with Gasteiger partial charge in [-0.1, -0.05) is 48.6 Å². The summed E-state index contributed by atoms with van der Waals surface area (Å²) in [5.74, 6) is 1.59. The number of fused-ring (bicyclic) bond motifs is 1. The SMILES string of the molecule is Cc1nc2sc([C@H](c3ccccc3)N3CCC[C@H](C)C3)c(O)n2n1. The molecule has 1 aliphatic rings. The first-order valence-electron chi connectivity index (χ1n) is 8.47. The Balaban J connectivity index is 1.81. The highest BCUT2D eigenvalue weighted by Crippen LogP contribution is 2.41. The number of aryl methyl sites for hydroxylation is 1. The zero-order valence-electron chi connectivity index (χ0n) is 14.0. The van der Waals surface area contributed by atoms with Gasteiger partial charge < -0.3 is 5.11 Å². The minimum Gasteiger partial charge on any atom is -0.492 e. The summed E-state index contributed by atoms with van der Waals surface area (Å²) >= 11 is 1.54. The smallest absolute Gasteiger partial charge is 0.230 e. The minimum absolute atomic E-state index is 0.0581. The van der Waals surface area contributed by atoms with Crippen molar-refractivity contribution in [2.75, 3.05) is 13.1 Å². The van der Waals surface area contributed by atoms with Gasteiger partial charge in [-0.15, -0.1) is 5.10 Å². The Morgan fingerprint density at radius 3 is 2.79 bits per heavy atom. The van der Waals surface area contributed by atoms with Crippen molar-refractivity contribution in [2.45, 2.75) is 32.7 Å². The van der Waals surface area contributed by atoms with Crippen LogP contribution in [0.4, 0.5) is 0 Å². The molecule has 1 aromatic carbocycles. The average molecular weight is 342 g/mol. The van der Waals surface area contributed by atoms with E-state index >= 15 is 0 Å². The molecule has 0 unspecified atom stereocenters. The Morgan fingerprint density at radius 2 is 2.08 bits per heavy atom. The summed E-state index contributed by atoms with van der Waals surface area (Å²) in [7, 11) is 0. The number of hydrogen-bond donors (Lipinski definition) is 1. The van der Waals surface area contributed by atoms with Gasteiger partial charge in [0.2, 0.25) is 10.8 Å². The Hall–Kier alpha value is -1.92. The molecule has 126 valence electrons. The highest BCUT2D eigenvalue weighted by atomic mass is 32.1. The molecule has 0 saturated carbocycles. The van der Waals surface area contributed by atoms with E-state index < -0.39 is 0 Å². The molecule has 0 amide bonds. The molecule has 4 rings (SSSR count). The largest absolute Gasteiger partial charge is 0.492 e. The zero-order chi connectivity index (χ0) is 16.7. The van der Waals surface area contributed by atoms with Gasteiger partial charge in [0.15, 0.2) is 0 Å². The molecule has 5 nitrogen and oxygen atoms in total. The normalized spacial score (nSPS) is 20.5. The number of rotatable bonds is 3. The van der Waals surface area contributed by atoms with E-state index in [0.717, 1.165) is 22.9 Å². The second kappa shape index (κ2) is 6.18. The maximum absolute atomic E-state index is 10.8. The summed E-state index contributed by atoms with van der Waals surface area (Å²) in [6, 6.07) is 10.5. The summed E-state index contributed by atoms with van der Waals surface area (Å²) in [4.78, 5) is 8.60. The number of piperidine rings is 1. The Bertz CT molecular complexity index is 841. The lowest BCUT2D eigenvalue weighted by Gasteiger charge is -2.37. The van der Waals surface area contributed by atoms with Crippen molar-refractivity contribution in [1.82, 2.24) is 19.5 Å². The minimum atomic E-state index is 0.0581. The standard InChI is InChI=1S/C18H22N4OS/c1-12-7-6-10-21(11-12)15(14-8-4-3-5-9-14)16-17(23)22-18(24-16)19-13(2)20-22/h3-5,8-9,12,15,23H,6-7,10-11H2,1-2H3/t12-,15-/m0/s1. The highest BCUT2D eigenvalue weighted by molar-refractivity contribution is 7.17. The van der Waals surface area contributed by atoms with Crippen LogP contribution in [0.25, 0.3) is 4.96 Å². The molecule has 1 saturated heterocycles. The van der Waals surface area contributed by atoms with Crippen molar-refractivity contribution >= 4 is 16.3 Å². The van der Waals surface area contributed by atoms with E-state index in [1.807, 2.05) is 13.0 Å². The third kappa shape index (κ3) is 2.70. The molecule has 6 heteroatoms. The molecule has 0 aliphatic carbocycles. The molecular formula is C18H22N4OS. The molecule has 1 fully saturated rings. The maximum Gasteiger partial charge on any atom is 0.230 e. The van der Waals surface area contributed by atoms with Gasteiger partial charge in [-0.2, -0.15) is 4.52 Å². The van der Waals surface area contributed by atoms with Crippen molar-refractivity contribution in [3.63, 3.8) is 0 Å². The summed E-state index contributed by atoms with van der Waals surface area (Å²) in [6.07, 6.45) is 2.48. The number of thiazole rings is 1. The van der Waals surface area contributed by atoms with E-state index in [0.29, 0.717) is 11.7 Å². The fraction of sp³-hybridized carbons (Fsp3) is 0.444. The van der Waals surface area contributed by atoms with Crippen LogP contribution in [0.2, 0.25) is 0 Å². The predicted octanol–water partition coefficient (Wildman–Crippen LogP) is 3.63. The summed E-state index contributed by atoms with van der Waals surface area (Å²) in [5.41, 5.74) is 1.21. The highest BCUT2D eigenvalue weighted by Gasteiger charge is 2.31. The van der Waals surface area contributed by atoms with E-state index in [2.05, 4.69) is 46.2 Å². The first kappa shape index (κ1) is 15.6. The monoisotopic (exact) mass is 342 g/mol. The fourth-order valence-electron chi connectivity index (χ4n) is 3.65. The second-order valence-corrected chi connectivity index (χ2v) is 7.71. The van der Waals surface area contributed by atoms with Gasteiger partial charge in [0, 0.05) is 6.54 Å². The van der Waals surface area contributed by atoms with Crippen LogP contribution in [0.3, 0.4) is 0 Å². The van der Waals surface area contributed by atoms with Gasteiger partial charge in [-0.05, 0) is 37.8 Å². The van der Waals surface area contributed by atoms with Crippen LogP contribution < -0.4 is 0 Å². The molecule has 3 heterocycles. The second-order valence-electron chi connectivity index (χ2n) is 6.70. The lowest BCUT2D eigenvalue weighted by Crippen LogP contribution is -2.37. The number of hydrogen-bond acceptors (Lipinski definition) is 5. The van der Waals surface area contributed by atoms with E-state index in [1.165, 1.54) is 18.4 Å². The number of aromatic nitrogens is 3. The zero-order valence-corrected chi connectivity index (χ0v) is 14.8. The molecule has 1 aliphatic heterocycles. The first-order valence-corrected chi connectivity index (χ1v) is 9.29.